The van der Waals surface area contributed by atoms with Crippen LogP contribution in [0.5, 0.6) is 6.01 Å². The molecule has 2 atom stereocenters. The number of likely N-dealkylation sites (tertiary alicyclic amines) is 1. The molecule has 2 fully saturated rings. The third kappa shape index (κ3) is 5.73. The van der Waals surface area contributed by atoms with Gasteiger partial charge >= 0.3 is 6.01 Å². The number of ether oxygens (including phenoxy) is 1. The Labute approximate surface area is 255 Å². The number of carbonyl (C=O) groups excluding carboxylic acids is 1. The van der Waals surface area contributed by atoms with Crippen LogP contribution >= 0.6 is 11.6 Å². The minimum atomic E-state index is -1.00. The molecule has 2 saturated heterocycles. The van der Waals surface area contributed by atoms with Crippen LogP contribution in [-0.2, 0) is 4.79 Å². The van der Waals surface area contributed by atoms with E-state index in [1.807, 2.05) is 47.4 Å². The van der Waals surface area contributed by atoms with Crippen LogP contribution in [0.1, 0.15) is 19.3 Å². The number of fused-ring (bicyclic) bond motifs is 2. The lowest BCUT2D eigenvalue weighted by atomic mass is 9.99. The van der Waals surface area contributed by atoms with Gasteiger partial charge in [-0.25, -0.2) is 4.39 Å². The maximum absolute atomic E-state index is 13.8. The van der Waals surface area contributed by atoms with Crippen molar-refractivity contribution in [2.45, 2.75) is 31.3 Å². The standard InChI is InChI=1S/C33H32ClFN6O2/c1-4-8-24-19-40(15-16-41(24)32(42)21(2)35)31-30-28(37-33(38-31)43-20-25-11-7-14-39(25)3)17-23(18-36-30)26-12-5-9-22-10-6-13-27(34)29(22)26/h1,5-6,9-10,12-13,17-18,24-25H,2,7-8,11,14-16,19-20H2,3H3/t24-,25?/m0/s1. The number of carbonyl (C=O) groups is 1. The molecule has 0 spiro atoms. The van der Waals surface area contributed by atoms with Gasteiger partial charge < -0.3 is 19.4 Å². The van der Waals surface area contributed by atoms with Crippen LogP contribution in [0.15, 0.2) is 61.1 Å². The van der Waals surface area contributed by atoms with Gasteiger partial charge in [-0.2, -0.15) is 9.97 Å². The highest BCUT2D eigenvalue weighted by molar-refractivity contribution is 6.36. The molecule has 0 saturated carbocycles. The van der Waals surface area contributed by atoms with Crippen LogP contribution in [-0.4, -0.2) is 82.6 Å². The maximum atomic E-state index is 13.8. The number of halogens is 2. The Balaban J connectivity index is 1.41. The molecule has 43 heavy (non-hydrogen) atoms. The molecule has 2 aromatic heterocycles. The molecule has 6 rings (SSSR count). The third-order valence-corrected chi connectivity index (χ3v) is 8.68. The zero-order valence-electron chi connectivity index (χ0n) is 24.0. The monoisotopic (exact) mass is 598 g/mol. The van der Waals surface area contributed by atoms with E-state index in [2.05, 4.69) is 24.4 Å². The van der Waals surface area contributed by atoms with Crippen molar-refractivity contribution in [2.75, 3.05) is 44.7 Å². The summed E-state index contributed by atoms with van der Waals surface area (Å²) < 4.78 is 20.0. The van der Waals surface area contributed by atoms with Gasteiger partial charge in [-0.3, -0.25) is 9.78 Å². The summed E-state index contributed by atoms with van der Waals surface area (Å²) in [7, 11) is 2.09. The lowest BCUT2D eigenvalue weighted by Gasteiger charge is -2.41. The summed E-state index contributed by atoms with van der Waals surface area (Å²) in [5, 5.41) is 2.63. The molecule has 1 amide bonds. The number of aromatic nitrogens is 3. The number of benzene rings is 2. The van der Waals surface area contributed by atoms with Gasteiger partial charge in [0.1, 0.15) is 12.1 Å². The summed E-state index contributed by atoms with van der Waals surface area (Å²) >= 11 is 6.64. The van der Waals surface area contributed by atoms with E-state index in [4.69, 9.17) is 37.7 Å². The van der Waals surface area contributed by atoms with Gasteiger partial charge in [0, 0.05) is 54.3 Å². The van der Waals surface area contributed by atoms with Crippen molar-refractivity contribution in [3.05, 3.63) is 66.1 Å². The maximum Gasteiger partial charge on any atom is 0.319 e. The first-order valence-corrected chi connectivity index (χ1v) is 14.7. The Morgan fingerprint density at radius 3 is 2.74 bits per heavy atom. The first kappa shape index (κ1) is 28.8. The number of terminal acetylenes is 1. The molecule has 2 aliphatic heterocycles. The summed E-state index contributed by atoms with van der Waals surface area (Å²) in [5.41, 5.74) is 3.01. The average molecular weight is 599 g/mol. The number of rotatable bonds is 7. The molecule has 220 valence electrons. The molecular formula is C33H32ClFN6O2. The number of pyridine rings is 1. The van der Waals surface area contributed by atoms with Crippen molar-refractivity contribution >= 4 is 45.1 Å². The van der Waals surface area contributed by atoms with Crippen LogP contribution in [0.2, 0.25) is 5.02 Å². The molecule has 2 aromatic carbocycles. The summed E-state index contributed by atoms with van der Waals surface area (Å²) in [6.07, 6.45) is 9.87. The minimum Gasteiger partial charge on any atom is -0.462 e. The molecule has 4 aromatic rings. The van der Waals surface area contributed by atoms with Crippen LogP contribution in [0.3, 0.4) is 0 Å². The number of amides is 1. The normalized spacial score (nSPS) is 19.1. The fourth-order valence-electron chi connectivity index (χ4n) is 6.09. The molecule has 0 aliphatic carbocycles. The number of likely N-dealkylation sites (N-methyl/N-ethyl adjacent to an activating group) is 1. The predicted octanol–water partition coefficient (Wildman–Crippen LogP) is 5.50. The van der Waals surface area contributed by atoms with Gasteiger partial charge in [0.2, 0.25) is 0 Å². The second-order valence-corrected chi connectivity index (χ2v) is 11.5. The van der Waals surface area contributed by atoms with E-state index in [9.17, 15) is 9.18 Å². The minimum absolute atomic E-state index is 0.252. The van der Waals surface area contributed by atoms with Gasteiger partial charge in [0.15, 0.2) is 11.6 Å². The highest BCUT2D eigenvalue weighted by Gasteiger charge is 2.33. The Kier molecular flexibility index (Phi) is 8.15. The van der Waals surface area contributed by atoms with E-state index in [1.165, 1.54) is 4.90 Å². The van der Waals surface area contributed by atoms with Gasteiger partial charge in [-0.15, -0.1) is 12.3 Å². The number of hydrogen-bond acceptors (Lipinski definition) is 7. The SMILES string of the molecule is C#CC[C@H]1CN(c2nc(OCC3CCCN3C)nc3cc(-c4cccc5cccc(Cl)c45)cnc23)CCN1C(=O)C(=C)F. The Hall–Kier alpha value is -4.26. The van der Waals surface area contributed by atoms with Crippen molar-refractivity contribution in [1.82, 2.24) is 24.8 Å². The number of nitrogens with zero attached hydrogens (tertiary/aromatic N) is 6. The molecule has 4 heterocycles. The molecule has 0 radical (unpaired) electrons. The number of anilines is 1. The number of piperazine rings is 1. The molecule has 0 N–H and O–H groups in total. The van der Waals surface area contributed by atoms with Crippen molar-refractivity contribution in [3.63, 3.8) is 0 Å². The average Bonchev–Trinajstić information content (AvgIpc) is 3.43. The first-order chi connectivity index (χ1) is 20.8. The molecule has 8 nitrogen and oxygen atoms in total. The van der Waals surface area contributed by atoms with E-state index in [0.29, 0.717) is 41.6 Å². The Morgan fingerprint density at radius 1 is 1.19 bits per heavy atom. The topological polar surface area (TPSA) is 74.7 Å². The van der Waals surface area contributed by atoms with Crippen molar-refractivity contribution in [2.24, 2.45) is 0 Å². The number of hydrogen-bond donors (Lipinski definition) is 0. The Morgan fingerprint density at radius 2 is 2.00 bits per heavy atom. The zero-order valence-corrected chi connectivity index (χ0v) is 24.7. The molecular weight excluding hydrogens is 567 g/mol. The van der Waals surface area contributed by atoms with Gasteiger partial charge in [-0.05, 0) is 49.5 Å². The smallest absolute Gasteiger partial charge is 0.319 e. The summed E-state index contributed by atoms with van der Waals surface area (Å²) in [4.78, 5) is 32.7. The fourth-order valence-corrected chi connectivity index (χ4v) is 6.38. The highest BCUT2D eigenvalue weighted by Crippen LogP contribution is 2.36. The second-order valence-electron chi connectivity index (χ2n) is 11.1. The van der Waals surface area contributed by atoms with E-state index >= 15 is 0 Å². The zero-order chi connectivity index (χ0) is 30.1. The predicted molar refractivity (Wildman–Crippen MR) is 168 cm³/mol. The van der Waals surface area contributed by atoms with E-state index in [1.54, 1.807) is 6.20 Å². The van der Waals surface area contributed by atoms with Gasteiger partial charge in [-0.1, -0.05) is 48.5 Å². The lowest BCUT2D eigenvalue weighted by molar-refractivity contribution is -0.131. The third-order valence-electron chi connectivity index (χ3n) is 8.37. The quantitative estimate of drug-likeness (QED) is 0.206. The van der Waals surface area contributed by atoms with Gasteiger partial charge in [0.25, 0.3) is 5.91 Å². The molecule has 10 heteroatoms. The summed E-state index contributed by atoms with van der Waals surface area (Å²) in [6, 6.07) is 14.0. The highest BCUT2D eigenvalue weighted by atomic mass is 35.5. The molecule has 1 unspecified atom stereocenters. The molecule has 2 aliphatic rings. The van der Waals surface area contributed by atoms with E-state index in [-0.39, 0.29) is 25.0 Å². The summed E-state index contributed by atoms with van der Waals surface area (Å²) in [5.74, 6) is 1.46. The summed E-state index contributed by atoms with van der Waals surface area (Å²) in [6.45, 7) is 5.70. The van der Waals surface area contributed by atoms with Crippen molar-refractivity contribution in [3.8, 4) is 29.5 Å². The second kappa shape index (κ2) is 12.2. The van der Waals surface area contributed by atoms with Crippen LogP contribution in [0.4, 0.5) is 10.2 Å². The van der Waals surface area contributed by atoms with Crippen LogP contribution in [0, 0.1) is 12.3 Å². The van der Waals surface area contributed by atoms with Crippen LogP contribution < -0.4 is 9.64 Å². The van der Waals surface area contributed by atoms with Crippen molar-refractivity contribution in [1.29, 1.82) is 0 Å². The van der Waals surface area contributed by atoms with Gasteiger partial charge in [0.05, 0.1) is 11.6 Å². The van der Waals surface area contributed by atoms with E-state index < -0.39 is 17.8 Å². The van der Waals surface area contributed by atoms with Crippen molar-refractivity contribution < 1.29 is 13.9 Å². The van der Waals surface area contributed by atoms with E-state index in [0.717, 1.165) is 41.3 Å². The molecule has 0 bridgehead atoms. The first-order valence-electron chi connectivity index (χ1n) is 14.4. The largest absolute Gasteiger partial charge is 0.462 e. The lowest BCUT2D eigenvalue weighted by Crippen LogP contribution is -2.55. The van der Waals surface area contributed by atoms with Crippen LogP contribution in [0.25, 0.3) is 32.9 Å². The Bertz CT molecular complexity index is 1750. The fraction of sp³-hybridized carbons (Fsp3) is 0.333.